The molecule has 1 aromatic rings. The Bertz CT molecular complexity index is 877. The summed E-state index contributed by atoms with van der Waals surface area (Å²) < 4.78 is 0. The van der Waals surface area contributed by atoms with Gasteiger partial charge in [0.05, 0.1) is 16.8 Å². The molecular formula is C19H21ClN4O4. The van der Waals surface area contributed by atoms with E-state index in [-0.39, 0.29) is 31.2 Å². The number of piperidine rings is 1. The van der Waals surface area contributed by atoms with Crippen LogP contribution in [0.4, 0.5) is 5.69 Å². The Hall–Kier alpha value is -2.45. The number of benzene rings is 1. The summed E-state index contributed by atoms with van der Waals surface area (Å²) in [5.74, 6) is -0.726. The lowest BCUT2D eigenvalue weighted by Gasteiger charge is -2.28. The van der Waals surface area contributed by atoms with Gasteiger partial charge in [0.2, 0.25) is 11.8 Å². The molecule has 3 atom stereocenters. The molecule has 3 fully saturated rings. The highest BCUT2D eigenvalue weighted by Crippen LogP contribution is 2.38. The van der Waals surface area contributed by atoms with Gasteiger partial charge in [-0.05, 0) is 30.4 Å². The van der Waals surface area contributed by atoms with Gasteiger partial charge in [0.25, 0.3) is 11.8 Å². The number of nitrogens with zero attached hydrogens (tertiary/aromatic N) is 2. The molecule has 0 saturated carbocycles. The first-order valence-corrected chi connectivity index (χ1v) is 9.35. The van der Waals surface area contributed by atoms with Gasteiger partial charge < -0.3 is 10.2 Å². The minimum absolute atomic E-state index is 0. The number of nitrogens with one attached hydrogen (secondary N) is 2. The third-order valence-corrected chi connectivity index (χ3v) is 6.18. The standard InChI is InChI=1S/C19H20N4O4.ClH/c24-15-5-4-14(17(25)21-15)23-18(26)12-2-1-3-13(16(12)19(23)27)22-8-10-6-20-7-11(10)9-22;/h1-3,10-11,14,20H,4-9H2,(H,21,24,25);1H/t10-,11+,14?;. The highest BCUT2D eigenvalue weighted by Gasteiger charge is 2.47. The van der Waals surface area contributed by atoms with Crippen molar-refractivity contribution in [2.75, 3.05) is 31.1 Å². The number of halogens is 1. The minimum Gasteiger partial charge on any atom is -0.370 e. The van der Waals surface area contributed by atoms with Gasteiger partial charge in [-0.1, -0.05) is 6.07 Å². The van der Waals surface area contributed by atoms with E-state index in [1.165, 1.54) is 0 Å². The van der Waals surface area contributed by atoms with Crippen LogP contribution in [-0.4, -0.2) is 60.7 Å². The van der Waals surface area contributed by atoms with Crippen LogP contribution < -0.4 is 15.5 Å². The van der Waals surface area contributed by atoms with Crippen molar-refractivity contribution in [3.63, 3.8) is 0 Å². The Morgan fingerprint density at radius 1 is 0.964 bits per heavy atom. The summed E-state index contributed by atoms with van der Waals surface area (Å²) in [5.41, 5.74) is 1.51. The smallest absolute Gasteiger partial charge is 0.264 e. The monoisotopic (exact) mass is 404 g/mol. The summed E-state index contributed by atoms with van der Waals surface area (Å²) in [6.45, 7) is 3.67. The molecule has 0 aliphatic carbocycles. The number of imide groups is 2. The molecule has 1 aromatic carbocycles. The fourth-order valence-electron chi connectivity index (χ4n) is 4.81. The molecule has 3 saturated heterocycles. The van der Waals surface area contributed by atoms with Gasteiger partial charge in [0, 0.05) is 32.6 Å². The predicted octanol–water partition coefficient (Wildman–Crippen LogP) is 0.165. The number of carbonyl (C=O) groups excluding carboxylic acids is 4. The van der Waals surface area contributed by atoms with Crippen LogP contribution in [0.2, 0.25) is 0 Å². The normalized spacial score (nSPS) is 28.9. The lowest BCUT2D eigenvalue weighted by Crippen LogP contribution is -2.54. The molecular weight excluding hydrogens is 384 g/mol. The van der Waals surface area contributed by atoms with E-state index in [0.717, 1.165) is 36.8 Å². The van der Waals surface area contributed by atoms with Crippen LogP contribution in [0.25, 0.3) is 0 Å². The van der Waals surface area contributed by atoms with Crippen molar-refractivity contribution in [2.45, 2.75) is 18.9 Å². The molecule has 5 rings (SSSR count). The topological polar surface area (TPSA) is 98.8 Å². The lowest BCUT2D eigenvalue weighted by molar-refractivity contribution is -0.136. The number of anilines is 1. The average Bonchev–Trinajstić information content (AvgIpc) is 3.30. The van der Waals surface area contributed by atoms with Gasteiger partial charge in [0.1, 0.15) is 6.04 Å². The maximum absolute atomic E-state index is 13.2. The Morgan fingerprint density at radius 3 is 2.36 bits per heavy atom. The molecule has 4 amide bonds. The zero-order valence-electron chi connectivity index (χ0n) is 15.1. The SMILES string of the molecule is Cl.O=C1CCC(N2C(=O)c3cccc(N4C[C@H]5CNC[C@H]5C4)c3C2=O)C(=O)N1. The van der Waals surface area contributed by atoms with Crippen molar-refractivity contribution in [2.24, 2.45) is 11.8 Å². The van der Waals surface area contributed by atoms with Gasteiger partial charge >= 0.3 is 0 Å². The van der Waals surface area contributed by atoms with E-state index >= 15 is 0 Å². The van der Waals surface area contributed by atoms with E-state index in [4.69, 9.17) is 0 Å². The fraction of sp³-hybridized carbons (Fsp3) is 0.474. The van der Waals surface area contributed by atoms with Crippen molar-refractivity contribution in [1.29, 1.82) is 0 Å². The summed E-state index contributed by atoms with van der Waals surface area (Å²) in [4.78, 5) is 52.9. The molecule has 2 N–H and O–H groups in total. The molecule has 8 nitrogen and oxygen atoms in total. The summed E-state index contributed by atoms with van der Waals surface area (Å²) in [6.07, 6.45) is 0.296. The molecule has 4 aliphatic heterocycles. The van der Waals surface area contributed by atoms with E-state index in [1.807, 2.05) is 6.07 Å². The predicted molar refractivity (Wildman–Crippen MR) is 102 cm³/mol. The largest absolute Gasteiger partial charge is 0.370 e. The van der Waals surface area contributed by atoms with Gasteiger partial charge in [-0.25, -0.2) is 0 Å². The maximum Gasteiger partial charge on any atom is 0.264 e. The summed E-state index contributed by atoms with van der Waals surface area (Å²) in [7, 11) is 0. The number of hydrogen-bond acceptors (Lipinski definition) is 6. The molecule has 0 spiro atoms. The molecule has 9 heteroatoms. The van der Waals surface area contributed by atoms with Gasteiger partial charge in [-0.15, -0.1) is 12.4 Å². The number of rotatable bonds is 2. The third kappa shape index (κ3) is 2.70. The zero-order chi connectivity index (χ0) is 18.7. The molecule has 28 heavy (non-hydrogen) atoms. The molecule has 0 bridgehead atoms. The molecule has 0 radical (unpaired) electrons. The maximum atomic E-state index is 13.2. The van der Waals surface area contributed by atoms with E-state index in [2.05, 4.69) is 15.5 Å². The fourth-order valence-corrected chi connectivity index (χ4v) is 4.81. The highest BCUT2D eigenvalue weighted by atomic mass is 35.5. The first-order valence-electron chi connectivity index (χ1n) is 9.35. The Kier molecular flexibility index (Phi) is 4.63. The molecule has 4 aliphatic rings. The van der Waals surface area contributed by atoms with E-state index < -0.39 is 23.8 Å². The van der Waals surface area contributed by atoms with Gasteiger partial charge in [-0.2, -0.15) is 0 Å². The zero-order valence-corrected chi connectivity index (χ0v) is 16.0. The summed E-state index contributed by atoms with van der Waals surface area (Å²) in [6, 6.07) is 4.39. The molecule has 148 valence electrons. The minimum atomic E-state index is -0.926. The number of hydrogen-bond donors (Lipinski definition) is 2. The van der Waals surface area contributed by atoms with E-state index in [0.29, 0.717) is 23.0 Å². The van der Waals surface area contributed by atoms with Crippen LogP contribution in [0.15, 0.2) is 18.2 Å². The average molecular weight is 405 g/mol. The lowest BCUT2D eigenvalue weighted by atomic mass is 10.0. The quantitative estimate of drug-likeness (QED) is 0.681. The molecule has 1 unspecified atom stereocenters. The van der Waals surface area contributed by atoms with Crippen LogP contribution in [0, 0.1) is 11.8 Å². The Balaban J connectivity index is 0.00000192. The van der Waals surface area contributed by atoms with Crippen LogP contribution in [-0.2, 0) is 9.59 Å². The molecule has 0 aromatic heterocycles. The Labute approximate surface area is 168 Å². The van der Waals surface area contributed by atoms with Crippen molar-refractivity contribution in [3.05, 3.63) is 29.3 Å². The number of fused-ring (bicyclic) bond motifs is 2. The summed E-state index contributed by atoms with van der Waals surface area (Å²) in [5, 5.41) is 5.62. The van der Waals surface area contributed by atoms with E-state index in [1.54, 1.807) is 12.1 Å². The van der Waals surface area contributed by atoms with Gasteiger partial charge in [-0.3, -0.25) is 29.4 Å². The van der Waals surface area contributed by atoms with Crippen LogP contribution in [0.3, 0.4) is 0 Å². The second-order valence-corrected chi connectivity index (χ2v) is 7.73. The first-order chi connectivity index (χ1) is 13.0. The van der Waals surface area contributed by atoms with E-state index in [9.17, 15) is 19.2 Å². The van der Waals surface area contributed by atoms with Crippen molar-refractivity contribution in [3.8, 4) is 0 Å². The van der Waals surface area contributed by atoms with Crippen molar-refractivity contribution < 1.29 is 19.2 Å². The first kappa shape index (κ1) is 18.9. The van der Waals surface area contributed by atoms with Crippen LogP contribution >= 0.6 is 12.4 Å². The highest BCUT2D eigenvalue weighted by molar-refractivity contribution is 6.25. The number of amides is 4. The van der Waals surface area contributed by atoms with Crippen molar-refractivity contribution >= 4 is 41.7 Å². The third-order valence-electron chi connectivity index (χ3n) is 6.18. The van der Waals surface area contributed by atoms with Crippen LogP contribution in [0.1, 0.15) is 33.6 Å². The Morgan fingerprint density at radius 2 is 1.68 bits per heavy atom. The van der Waals surface area contributed by atoms with Gasteiger partial charge in [0.15, 0.2) is 0 Å². The summed E-state index contributed by atoms with van der Waals surface area (Å²) >= 11 is 0. The second kappa shape index (κ2) is 6.86. The van der Waals surface area contributed by atoms with Crippen molar-refractivity contribution in [1.82, 2.24) is 15.5 Å². The molecule has 4 heterocycles. The van der Waals surface area contributed by atoms with Crippen LogP contribution in [0.5, 0.6) is 0 Å². The second-order valence-electron chi connectivity index (χ2n) is 7.73. The number of carbonyl (C=O) groups is 4.